The van der Waals surface area contributed by atoms with Crippen molar-refractivity contribution in [1.82, 2.24) is 20.2 Å². The highest BCUT2D eigenvalue weighted by Gasteiger charge is 2.35. The molecule has 2 bridgehead atoms. The van der Waals surface area contributed by atoms with Crippen molar-refractivity contribution >= 4 is 5.91 Å². The van der Waals surface area contributed by atoms with E-state index in [1.54, 1.807) is 18.6 Å². The number of nitrogens with zero attached hydrogens (tertiary/aromatic N) is 3. The van der Waals surface area contributed by atoms with Crippen LogP contribution in [0.3, 0.4) is 0 Å². The molecule has 1 amide bonds. The Hall–Kier alpha value is -1.75. The average Bonchev–Trinajstić information content (AvgIpc) is 3.24. The predicted octanol–water partition coefficient (Wildman–Crippen LogP) is 1.88. The van der Waals surface area contributed by atoms with Crippen LogP contribution in [-0.4, -0.2) is 46.5 Å². The van der Waals surface area contributed by atoms with Gasteiger partial charge in [0, 0.05) is 31.5 Å². The molecule has 0 radical (unpaired) electrons. The lowest BCUT2D eigenvalue weighted by atomic mass is 9.93. The van der Waals surface area contributed by atoms with Crippen molar-refractivity contribution in [2.24, 2.45) is 17.8 Å². The molecule has 1 saturated heterocycles. The molecular formula is C18H24N4O. The maximum Gasteiger partial charge on any atom is 0.274 e. The van der Waals surface area contributed by atoms with Gasteiger partial charge in [-0.15, -0.1) is 0 Å². The van der Waals surface area contributed by atoms with E-state index in [0.29, 0.717) is 11.7 Å². The average molecular weight is 312 g/mol. The largest absolute Gasteiger partial charge is 0.337 e. The molecule has 122 valence electrons. The second kappa shape index (κ2) is 6.40. The van der Waals surface area contributed by atoms with Crippen LogP contribution in [0.4, 0.5) is 0 Å². The summed E-state index contributed by atoms with van der Waals surface area (Å²) >= 11 is 0. The Balaban J connectivity index is 1.23. The van der Waals surface area contributed by atoms with Crippen LogP contribution >= 0.6 is 0 Å². The van der Waals surface area contributed by atoms with Crippen LogP contribution in [-0.2, 0) is 0 Å². The molecule has 0 spiro atoms. The molecule has 4 rings (SSSR count). The number of allylic oxidation sites excluding steroid dienone is 2. The Labute approximate surface area is 137 Å². The molecule has 2 aliphatic carbocycles. The van der Waals surface area contributed by atoms with Gasteiger partial charge in [0.15, 0.2) is 0 Å². The van der Waals surface area contributed by atoms with Gasteiger partial charge in [0.1, 0.15) is 5.69 Å². The predicted molar refractivity (Wildman–Crippen MR) is 87.8 cm³/mol. The van der Waals surface area contributed by atoms with E-state index in [0.717, 1.165) is 50.2 Å². The number of carbonyl (C=O) groups excluding carboxylic acids is 1. The second-order valence-corrected chi connectivity index (χ2v) is 7.11. The van der Waals surface area contributed by atoms with Gasteiger partial charge < -0.3 is 10.2 Å². The van der Waals surface area contributed by atoms with Crippen molar-refractivity contribution in [3.63, 3.8) is 0 Å². The van der Waals surface area contributed by atoms with Crippen LogP contribution in [0.2, 0.25) is 0 Å². The minimum atomic E-state index is 0.00906. The van der Waals surface area contributed by atoms with Crippen LogP contribution in [0.15, 0.2) is 30.7 Å². The van der Waals surface area contributed by atoms with Gasteiger partial charge in [0.2, 0.25) is 0 Å². The van der Waals surface area contributed by atoms with Gasteiger partial charge in [-0.25, -0.2) is 4.98 Å². The number of likely N-dealkylation sites (tertiary alicyclic amines) is 1. The van der Waals surface area contributed by atoms with Gasteiger partial charge in [0.05, 0.1) is 6.20 Å². The minimum absolute atomic E-state index is 0.00906. The molecule has 3 atom stereocenters. The van der Waals surface area contributed by atoms with Gasteiger partial charge in [-0.3, -0.25) is 9.78 Å². The fourth-order valence-corrected chi connectivity index (χ4v) is 4.31. The van der Waals surface area contributed by atoms with E-state index in [-0.39, 0.29) is 5.91 Å². The lowest BCUT2D eigenvalue weighted by Crippen LogP contribution is -2.46. The second-order valence-electron chi connectivity index (χ2n) is 7.11. The van der Waals surface area contributed by atoms with Crippen molar-refractivity contribution in [3.8, 4) is 0 Å². The van der Waals surface area contributed by atoms with Crippen LogP contribution in [0.5, 0.6) is 0 Å². The molecule has 2 fully saturated rings. The van der Waals surface area contributed by atoms with Crippen molar-refractivity contribution in [1.29, 1.82) is 0 Å². The molecule has 0 aromatic carbocycles. The molecule has 1 N–H and O–H groups in total. The molecule has 2 heterocycles. The van der Waals surface area contributed by atoms with Crippen molar-refractivity contribution in [2.75, 3.05) is 19.6 Å². The maximum atomic E-state index is 12.4. The minimum Gasteiger partial charge on any atom is -0.337 e. The molecule has 1 saturated carbocycles. The van der Waals surface area contributed by atoms with E-state index < -0.39 is 0 Å². The number of hydrogen-bond acceptors (Lipinski definition) is 4. The fourth-order valence-electron chi connectivity index (χ4n) is 4.31. The molecule has 3 aliphatic rings. The number of aromatic nitrogens is 2. The summed E-state index contributed by atoms with van der Waals surface area (Å²) in [6, 6.07) is 0.545. The molecule has 23 heavy (non-hydrogen) atoms. The first kappa shape index (κ1) is 14.8. The summed E-state index contributed by atoms with van der Waals surface area (Å²) in [6.07, 6.45) is 14.3. The number of amides is 1. The SMILES string of the molecule is O=C(c1cnccn1)N1CCC(NC[C@H]2C[C@H]3C=C[C@H]2C3)CC1. The fraction of sp³-hybridized carbons (Fsp3) is 0.611. The number of hydrogen-bond donors (Lipinski definition) is 1. The summed E-state index contributed by atoms with van der Waals surface area (Å²) in [6.45, 7) is 2.75. The first-order chi connectivity index (χ1) is 11.3. The highest BCUT2D eigenvalue weighted by Crippen LogP contribution is 2.43. The molecule has 1 aliphatic heterocycles. The van der Waals surface area contributed by atoms with E-state index in [1.807, 2.05) is 4.90 Å². The van der Waals surface area contributed by atoms with Gasteiger partial charge in [0.25, 0.3) is 5.91 Å². The Morgan fingerprint density at radius 1 is 1.22 bits per heavy atom. The Kier molecular flexibility index (Phi) is 4.12. The Bertz CT molecular complexity index is 580. The molecule has 1 aromatic rings. The van der Waals surface area contributed by atoms with Crippen LogP contribution < -0.4 is 5.32 Å². The van der Waals surface area contributed by atoms with Crippen LogP contribution in [0, 0.1) is 17.8 Å². The third kappa shape index (κ3) is 3.15. The molecule has 0 unspecified atom stereocenters. The maximum absolute atomic E-state index is 12.4. The molecule has 5 heteroatoms. The molecular weight excluding hydrogens is 288 g/mol. The summed E-state index contributed by atoms with van der Waals surface area (Å²) in [5.41, 5.74) is 0.452. The highest BCUT2D eigenvalue weighted by molar-refractivity contribution is 5.92. The van der Waals surface area contributed by atoms with Crippen LogP contribution in [0.1, 0.15) is 36.2 Å². The monoisotopic (exact) mass is 312 g/mol. The zero-order valence-corrected chi connectivity index (χ0v) is 13.4. The lowest BCUT2D eigenvalue weighted by molar-refractivity contribution is 0.0697. The summed E-state index contributed by atoms with van der Waals surface area (Å²) in [4.78, 5) is 22.3. The van der Waals surface area contributed by atoms with Gasteiger partial charge in [-0.1, -0.05) is 12.2 Å². The van der Waals surface area contributed by atoms with Crippen LogP contribution in [0.25, 0.3) is 0 Å². The first-order valence-corrected chi connectivity index (χ1v) is 8.76. The van der Waals surface area contributed by atoms with E-state index in [2.05, 4.69) is 27.4 Å². The zero-order valence-electron chi connectivity index (χ0n) is 13.4. The van der Waals surface area contributed by atoms with Gasteiger partial charge in [-0.05, 0) is 50.0 Å². The normalized spacial score (nSPS) is 30.1. The summed E-state index contributed by atoms with van der Waals surface area (Å²) in [5.74, 6) is 2.49. The quantitative estimate of drug-likeness (QED) is 0.863. The third-order valence-corrected chi connectivity index (χ3v) is 5.65. The number of carbonyl (C=O) groups is 1. The standard InChI is InChI=1S/C18H24N4O/c23-18(17-12-19-5-6-20-17)22-7-3-16(4-8-22)21-11-15-10-13-1-2-14(15)9-13/h1-2,5-6,12-16,21H,3-4,7-11H2/t13-,14-,15+/m0/s1. The summed E-state index contributed by atoms with van der Waals surface area (Å²) < 4.78 is 0. The molecule has 5 nitrogen and oxygen atoms in total. The van der Waals surface area contributed by atoms with Crippen molar-refractivity contribution in [2.45, 2.75) is 31.7 Å². The third-order valence-electron chi connectivity index (χ3n) is 5.65. The van der Waals surface area contributed by atoms with Crippen molar-refractivity contribution < 1.29 is 4.79 Å². The van der Waals surface area contributed by atoms with E-state index in [4.69, 9.17) is 0 Å². The summed E-state index contributed by atoms with van der Waals surface area (Å²) in [5, 5.41) is 3.75. The first-order valence-electron chi connectivity index (χ1n) is 8.76. The number of nitrogens with one attached hydrogen (secondary N) is 1. The van der Waals surface area contributed by atoms with Gasteiger partial charge in [-0.2, -0.15) is 0 Å². The van der Waals surface area contributed by atoms with E-state index in [9.17, 15) is 4.79 Å². The van der Waals surface area contributed by atoms with Gasteiger partial charge >= 0.3 is 0 Å². The Morgan fingerprint density at radius 3 is 2.74 bits per heavy atom. The van der Waals surface area contributed by atoms with E-state index in [1.165, 1.54) is 12.8 Å². The van der Waals surface area contributed by atoms with E-state index >= 15 is 0 Å². The van der Waals surface area contributed by atoms with Crippen molar-refractivity contribution in [3.05, 3.63) is 36.4 Å². The topological polar surface area (TPSA) is 58.1 Å². The number of piperidine rings is 1. The lowest BCUT2D eigenvalue weighted by Gasteiger charge is -2.33. The number of fused-ring (bicyclic) bond motifs is 2. The highest BCUT2D eigenvalue weighted by atomic mass is 16.2. The Morgan fingerprint density at radius 2 is 2.09 bits per heavy atom. The molecule has 1 aromatic heterocycles. The smallest absolute Gasteiger partial charge is 0.274 e. The number of rotatable bonds is 4. The summed E-state index contributed by atoms with van der Waals surface area (Å²) in [7, 11) is 0. The zero-order chi connectivity index (χ0) is 15.6.